The first-order valence-corrected chi connectivity index (χ1v) is 11.7. The number of fused-ring (bicyclic) bond motifs is 3. The molecule has 0 amide bonds. The summed E-state index contributed by atoms with van der Waals surface area (Å²) in [7, 11) is 0. The van der Waals surface area contributed by atoms with E-state index in [4.69, 9.17) is 9.40 Å². The van der Waals surface area contributed by atoms with Crippen LogP contribution in [0.1, 0.15) is 56.1 Å². The molecule has 2 nitrogen and oxygen atoms in total. The molecule has 0 atom stereocenters. The molecule has 6 rings (SSSR count). The Morgan fingerprint density at radius 1 is 0.848 bits per heavy atom. The highest BCUT2D eigenvalue weighted by atomic mass is 16.3. The predicted molar refractivity (Wildman–Crippen MR) is 138 cm³/mol. The number of pyridine rings is 1. The molecule has 0 N–H and O–H groups in total. The average molecular weight is 430 g/mol. The molecule has 0 fully saturated rings. The van der Waals surface area contributed by atoms with Gasteiger partial charge in [0.05, 0.1) is 5.69 Å². The molecule has 162 valence electrons. The molecule has 0 saturated heterocycles. The van der Waals surface area contributed by atoms with Crippen LogP contribution in [0.3, 0.4) is 0 Å². The fourth-order valence-electron chi connectivity index (χ4n) is 5.39. The average Bonchev–Trinajstić information content (AvgIpc) is 3.36. The monoisotopic (exact) mass is 429 g/mol. The van der Waals surface area contributed by atoms with E-state index in [0.29, 0.717) is 5.92 Å². The van der Waals surface area contributed by atoms with Crippen LogP contribution in [-0.4, -0.2) is 4.98 Å². The summed E-state index contributed by atoms with van der Waals surface area (Å²) in [6.45, 7) is 9.10. The molecule has 5 aromatic rings. The van der Waals surface area contributed by atoms with Gasteiger partial charge in [0.15, 0.2) is 0 Å². The number of allylic oxidation sites excluding steroid dienone is 1. The van der Waals surface area contributed by atoms with E-state index in [-0.39, 0.29) is 5.41 Å². The molecule has 0 spiro atoms. The van der Waals surface area contributed by atoms with Gasteiger partial charge in [0, 0.05) is 28.1 Å². The normalized spacial score (nSPS) is 14.8. The van der Waals surface area contributed by atoms with Crippen molar-refractivity contribution in [2.75, 3.05) is 0 Å². The van der Waals surface area contributed by atoms with Crippen molar-refractivity contribution in [2.24, 2.45) is 0 Å². The molecule has 0 radical (unpaired) electrons. The Bertz CT molecular complexity index is 1530. The maximum Gasteiger partial charge on any atom is 0.134 e. The van der Waals surface area contributed by atoms with Crippen LogP contribution in [0.15, 0.2) is 83.4 Å². The van der Waals surface area contributed by atoms with Crippen molar-refractivity contribution < 1.29 is 4.42 Å². The Kier molecular flexibility index (Phi) is 4.35. The van der Waals surface area contributed by atoms with E-state index in [1.807, 2.05) is 18.3 Å². The van der Waals surface area contributed by atoms with Gasteiger partial charge in [-0.15, -0.1) is 0 Å². The Hall–Kier alpha value is -3.65. The van der Waals surface area contributed by atoms with E-state index in [9.17, 15) is 0 Å². The summed E-state index contributed by atoms with van der Waals surface area (Å²) in [5.41, 5.74) is 8.00. The van der Waals surface area contributed by atoms with E-state index in [1.54, 1.807) is 0 Å². The quantitative estimate of drug-likeness (QED) is 0.287. The topological polar surface area (TPSA) is 26.0 Å². The minimum Gasteiger partial charge on any atom is -0.456 e. The van der Waals surface area contributed by atoms with Crippen molar-refractivity contribution in [3.05, 3.63) is 101 Å². The van der Waals surface area contributed by atoms with E-state index >= 15 is 0 Å². The van der Waals surface area contributed by atoms with E-state index in [2.05, 4.69) is 94.4 Å². The van der Waals surface area contributed by atoms with Crippen LogP contribution in [0.5, 0.6) is 0 Å². The SMILES string of the molecule is CC(C)c1cc(-c2nccc3c2C(C)(C)C(c2cc4ccccc4o2)=C3)cc2ccccc12. The molecule has 0 bridgehead atoms. The van der Waals surface area contributed by atoms with Crippen LogP contribution in [-0.2, 0) is 5.41 Å². The summed E-state index contributed by atoms with van der Waals surface area (Å²) in [4.78, 5) is 4.93. The number of hydrogen-bond donors (Lipinski definition) is 0. The molecule has 1 aliphatic carbocycles. The van der Waals surface area contributed by atoms with Crippen LogP contribution >= 0.6 is 0 Å². The number of nitrogens with zero attached hydrogens (tertiary/aromatic N) is 1. The lowest BCUT2D eigenvalue weighted by molar-refractivity contribution is 0.577. The molecule has 1 aliphatic rings. The van der Waals surface area contributed by atoms with Crippen molar-refractivity contribution in [2.45, 2.75) is 39.0 Å². The fraction of sp³-hybridized carbons (Fsp3) is 0.194. The van der Waals surface area contributed by atoms with Crippen molar-refractivity contribution >= 4 is 33.4 Å². The zero-order chi connectivity index (χ0) is 22.7. The Balaban J connectivity index is 1.54. The summed E-state index contributed by atoms with van der Waals surface area (Å²) in [6.07, 6.45) is 4.22. The molecule has 2 aromatic heterocycles. The van der Waals surface area contributed by atoms with Crippen molar-refractivity contribution in [1.29, 1.82) is 0 Å². The van der Waals surface area contributed by atoms with Crippen LogP contribution in [0.4, 0.5) is 0 Å². The predicted octanol–water partition coefficient (Wildman–Crippen LogP) is 8.60. The maximum absolute atomic E-state index is 6.28. The van der Waals surface area contributed by atoms with Gasteiger partial charge >= 0.3 is 0 Å². The Morgan fingerprint density at radius 3 is 2.39 bits per heavy atom. The van der Waals surface area contributed by atoms with Gasteiger partial charge in [0.1, 0.15) is 11.3 Å². The van der Waals surface area contributed by atoms with E-state index in [1.165, 1.54) is 38.6 Å². The van der Waals surface area contributed by atoms with Gasteiger partial charge in [-0.1, -0.05) is 70.2 Å². The molecule has 0 aliphatic heterocycles. The first-order chi connectivity index (χ1) is 15.9. The molecule has 2 heterocycles. The number of hydrogen-bond acceptors (Lipinski definition) is 2. The summed E-state index contributed by atoms with van der Waals surface area (Å²) < 4.78 is 6.28. The number of furan rings is 1. The summed E-state index contributed by atoms with van der Waals surface area (Å²) in [5.74, 6) is 1.37. The van der Waals surface area contributed by atoms with Crippen LogP contribution in [0.2, 0.25) is 0 Å². The minimum atomic E-state index is -0.226. The third-order valence-electron chi connectivity index (χ3n) is 7.06. The van der Waals surface area contributed by atoms with E-state index in [0.717, 1.165) is 22.4 Å². The lowest BCUT2D eigenvalue weighted by Gasteiger charge is -2.26. The largest absolute Gasteiger partial charge is 0.456 e. The highest BCUT2D eigenvalue weighted by Crippen LogP contribution is 2.50. The smallest absolute Gasteiger partial charge is 0.134 e. The first-order valence-electron chi connectivity index (χ1n) is 11.7. The van der Waals surface area contributed by atoms with Crippen molar-refractivity contribution in [3.8, 4) is 11.3 Å². The second-order valence-electron chi connectivity index (χ2n) is 9.90. The molecule has 3 aromatic carbocycles. The second-order valence-corrected chi connectivity index (χ2v) is 9.90. The zero-order valence-electron chi connectivity index (χ0n) is 19.5. The molecular weight excluding hydrogens is 402 g/mol. The van der Waals surface area contributed by atoms with Gasteiger partial charge in [-0.2, -0.15) is 0 Å². The van der Waals surface area contributed by atoms with Gasteiger partial charge in [-0.05, 0) is 69.8 Å². The molecule has 0 saturated carbocycles. The van der Waals surface area contributed by atoms with Crippen LogP contribution < -0.4 is 0 Å². The molecular formula is C31H27NO. The van der Waals surface area contributed by atoms with Crippen LogP contribution in [0, 0.1) is 0 Å². The molecule has 33 heavy (non-hydrogen) atoms. The van der Waals surface area contributed by atoms with Gasteiger partial charge < -0.3 is 4.42 Å². The van der Waals surface area contributed by atoms with Crippen LogP contribution in [0.25, 0.3) is 44.6 Å². The lowest BCUT2D eigenvalue weighted by atomic mass is 9.78. The van der Waals surface area contributed by atoms with Gasteiger partial charge in [0.25, 0.3) is 0 Å². The summed E-state index contributed by atoms with van der Waals surface area (Å²) >= 11 is 0. The molecule has 0 unspecified atom stereocenters. The van der Waals surface area contributed by atoms with Gasteiger partial charge in [0.2, 0.25) is 0 Å². The standard InChI is InChI=1S/C31H27NO/c1-19(2)25-16-23(15-20-9-5-7-11-24(20)25)30-29-22(13-14-32-30)17-26(31(29,3)4)28-18-21-10-6-8-12-27(21)33-28/h5-19H,1-4H3. The van der Waals surface area contributed by atoms with Crippen molar-refractivity contribution in [3.63, 3.8) is 0 Å². The van der Waals surface area contributed by atoms with Gasteiger partial charge in [-0.25, -0.2) is 0 Å². The number of para-hydroxylation sites is 1. The highest BCUT2D eigenvalue weighted by molar-refractivity contribution is 5.98. The number of rotatable bonds is 3. The third kappa shape index (κ3) is 3.05. The summed E-state index contributed by atoms with van der Waals surface area (Å²) in [6, 6.07) is 25.8. The Morgan fingerprint density at radius 2 is 1.61 bits per heavy atom. The Labute approximate surface area is 194 Å². The van der Waals surface area contributed by atoms with Crippen molar-refractivity contribution in [1.82, 2.24) is 4.98 Å². The summed E-state index contributed by atoms with van der Waals surface area (Å²) in [5, 5.41) is 3.72. The third-order valence-corrected chi connectivity index (χ3v) is 7.06. The zero-order valence-corrected chi connectivity index (χ0v) is 19.5. The first kappa shape index (κ1) is 20.0. The fourth-order valence-corrected chi connectivity index (χ4v) is 5.39. The maximum atomic E-state index is 6.28. The minimum absolute atomic E-state index is 0.226. The molecule has 2 heteroatoms. The van der Waals surface area contributed by atoms with E-state index < -0.39 is 0 Å². The second kappa shape index (κ2) is 7.18. The lowest BCUT2D eigenvalue weighted by Crippen LogP contribution is -2.18. The highest BCUT2D eigenvalue weighted by Gasteiger charge is 2.38. The number of aromatic nitrogens is 1. The van der Waals surface area contributed by atoms with Gasteiger partial charge in [-0.3, -0.25) is 4.98 Å². The number of benzene rings is 3.